The molecule has 0 radical (unpaired) electrons. The average molecular weight is 248 g/mol. The maximum absolute atomic E-state index is 13.5. The SMILES string of the molecule is CC(=CC(=O)N1CC[C@@H](N)C1)c1ccccc1F. The number of amides is 1. The number of hydrogen-bond donors (Lipinski definition) is 1. The number of likely N-dealkylation sites (tertiary alicyclic amines) is 1. The number of nitrogens with two attached hydrogens (primary N) is 1. The number of rotatable bonds is 2. The van der Waals surface area contributed by atoms with Crippen molar-refractivity contribution in [1.29, 1.82) is 0 Å². The molecule has 1 fully saturated rings. The average Bonchev–Trinajstić information content (AvgIpc) is 2.76. The van der Waals surface area contributed by atoms with Gasteiger partial charge in [0.1, 0.15) is 5.82 Å². The van der Waals surface area contributed by atoms with Crippen LogP contribution in [0.5, 0.6) is 0 Å². The Balaban J connectivity index is 2.13. The number of carbonyl (C=O) groups excluding carboxylic acids is 1. The van der Waals surface area contributed by atoms with Gasteiger partial charge < -0.3 is 10.6 Å². The van der Waals surface area contributed by atoms with Crippen LogP contribution in [0.2, 0.25) is 0 Å². The van der Waals surface area contributed by atoms with Gasteiger partial charge in [0.2, 0.25) is 5.91 Å². The van der Waals surface area contributed by atoms with Crippen molar-refractivity contribution in [3.63, 3.8) is 0 Å². The van der Waals surface area contributed by atoms with Gasteiger partial charge in [0.25, 0.3) is 0 Å². The van der Waals surface area contributed by atoms with Gasteiger partial charge in [0.05, 0.1) is 0 Å². The summed E-state index contributed by atoms with van der Waals surface area (Å²) in [4.78, 5) is 13.7. The minimum Gasteiger partial charge on any atom is -0.338 e. The summed E-state index contributed by atoms with van der Waals surface area (Å²) in [7, 11) is 0. The Morgan fingerprint density at radius 2 is 2.22 bits per heavy atom. The van der Waals surface area contributed by atoms with Crippen LogP contribution in [0.1, 0.15) is 18.9 Å². The fourth-order valence-corrected chi connectivity index (χ4v) is 2.12. The van der Waals surface area contributed by atoms with Crippen molar-refractivity contribution in [2.75, 3.05) is 13.1 Å². The minimum atomic E-state index is -0.308. The third-order valence-corrected chi connectivity index (χ3v) is 3.18. The van der Waals surface area contributed by atoms with E-state index in [1.807, 2.05) is 0 Å². The Kier molecular flexibility index (Phi) is 3.77. The molecule has 0 aliphatic carbocycles. The molecule has 0 aromatic heterocycles. The number of carbonyl (C=O) groups is 1. The lowest BCUT2D eigenvalue weighted by Gasteiger charge is -2.14. The lowest BCUT2D eigenvalue weighted by molar-refractivity contribution is -0.125. The van der Waals surface area contributed by atoms with E-state index in [9.17, 15) is 9.18 Å². The van der Waals surface area contributed by atoms with Crippen molar-refractivity contribution in [3.05, 3.63) is 41.7 Å². The van der Waals surface area contributed by atoms with Gasteiger partial charge >= 0.3 is 0 Å². The molecule has 1 amide bonds. The van der Waals surface area contributed by atoms with Crippen LogP contribution in [0.4, 0.5) is 4.39 Å². The molecule has 96 valence electrons. The molecule has 1 saturated heterocycles. The van der Waals surface area contributed by atoms with Crippen LogP contribution in [-0.4, -0.2) is 29.9 Å². The summed E-state index contributed by atoms with van der Waals surface area (Å²) in [6.07, 6.45) is 2.31. The first kappa shape index (κ1) is 12.8. The summed E-state index contributed by atoms with van der Waals surface area (Å²) < 4.78 is 13.5. The minimum absolute atomic E-state index is 0.0658. The zero-order valence-electron chi connectivity index (χ0n) is 10.4. The smallest absolute Gasteiger partial charge is 0.246 e. The molecule has 1 heterocycles. The fraction of sp³-hybridized carbons (Fsp3) is 0.357. The predicted molar refractivity (Wildman–Crippen MR) is 69.2 cm³/mol. The predicted octanol–water partition coefficient (Wildman–Crippen LogP) is 1.79. The molecule has 1 aromatic rings. The maximum atomic E-state index is 13.5. The molecular weight excluding hydrogens is 231 g/mol. The van der Waals surface area contributed by atoms with Crippen LogP contribution < -0.4 is 5.73 Å². The van der Waals surface area contributed by atoms with E-state index in [0.29, 0.717) is 24.2 Å². The highest BCUT2D eigenvalue weighted by atomic mass is 19.1. The first-order valence-electron chi connectivity index (χ1n) is 6.05. The van der Waals surface area contributed by atoms with Crippen molar-refractivity contribution in [1.82, 2.24) is 4.90 Å². The molecule has 2 N–H and O–H groups in total. The summed E-state index contributed by atoms with van der Waals surface area (Å²) in [6, 6.07) is 6.52. The molecule has 0 spiro atoms. The monoisotopic (exact) mass is 248 g/mol. The van der Waals surface area contributed by atoms with Gasteiger partial charge in [0.15, 0.2) is 0 Å². The Hall–Kier alpha value is -1.68. The van der Waals surface area contributed by atoms with Crippen LogP contribution in [0.25, 0.3) is 5.57 Å². The standard InChI is InChI=1S/C14H17FN2O/c1-10(12-4-2-3-5-13(12)15)8-14(18)17-7-6-11(16)9-17/h2-5,8,11H,6-7,9,16H2,1H3/t11-/m1/s1. The van der Waals surface area contributed by atoms with E-state index in [1.165, 1.54) is 12.1 Å². The highest BCUT2D eigenvalue weighted by Crippen LogP contribution is 2.18. The Morgan fingerprint density at radius 3 is 2.83 bits per heavy atom. The van der Waals surface area contributed by atoms with Crippen LogP contribution in [-0.2, 0) is 4.79 Å². The van der Waals surface area contributed by atoms with Gasteiger partial charge in [-0.05, 0) is 25.0 Å². The van der Waals surface area contributed by atoms with Crippen molar-refractivity contribution in [2.24, 2.45) is 5.73 Å². The molecule has 1 aliphatic heterocycles. The van der Waals surface area contributed by atoms with Crippen LogP contribution in [0.15, 0.2) is 30.3 Å². The Bertz CT molecular complexity index is 484. The van der Waals surface area contributed by atoms with Crippen molar-refractivity contribution in [3.8, 4) is 0 Å². The number of halogens is 1. The van der Waals surface area contributed by atoms with E-state index in [1.54, 1.807) is 30.0 Å². The van der Waals surface area contributed by atoms with Crippen LogP contribution in [0.3, 0.4) is 0 Å². The molecule has 1 aromatic carbocycles. The molecule has 18 heavy (non-hydrogen) atoms. The third-order valence-electron chi connectivity index (χ3n) is 3.18. The number of allylic oxidation sites excluding steroid dienone is 1. The normalized spacial score (nSPS) is 20.3. The summed E-state index contributed by atoms with van der Waals surface area (Å²) in [6.45, 7) is 3.01. The van der Waals surface area contributed by atoms with Gasteiger partial charge in [-0.15, -0.1) is 0 Å². The topological polar surface area (TPSA) is 46.3 Å². The molecule has 3 nitrogen and oxygen atoms in total. The zero-order valence-corrected chi connectivity index (χ0v) is 10.4. The second-order valence-corrected chi connectivity index (χ2v) is 4.64. The van der Waals surface area contributed by atoms with Crippen LogP contribution in [0, 0.1) is 5.82 Å². The lowest BCUT2D eigenvalue weighted by Crippen LogP contribution is -2.30. The second-order valence-electron chi connectivity index (χ2n) is 4.64. The van der Waals surface area contributed by atoms with Crippen molar-refractivity contribution < 1.29 is 9.18 Å². The fourth-order valence-electron chi connectivity index (χ4n) is 2.12. The van der Waals surface area contributed by atoms with Gasteiger partial charge in [-0.1, -0.05) is 18.2 Å². The number of hydrogen-bond acceptors (Lipinski definition) is 2. The van der Waals surface area contributed by atoms with Crippen LogP contribution >= 0.6 is 0 Å². The molecule has 2 rings (SSSR count). The Labute approximate surface area is 106 Å². The third kappa shape index (κ3) is 2.76. The first-order chi connectivity index (χ1) is 8.58. The summed E-state index contributed by atoms with van der Waals surface area (Å²) in [5.74, 6) is -0.402. The van der Waals surface area contributed by atoms with E-state index >= 15 is 0 Å². The quantitative estimate of drug-likeness (QED) is 0.811. The van der Waals surface area contributed by atoms with E-state index in [0.717, 1.165) is 6.42 Å². The number of nitrogens with zero attached hydrogens (tertiary/aromatic N) is 1. The van der Waals surface area contributed by atoms with Gasteiger partial charge in [-0.3, -0.25) is 4.79 Å². The summed E-state index contributed by atoms with van der Waals surface area (Å²) in [5.41, 5.74) is 6.86. The van der Waals surface area contributed by atoms with E-state index in [4.69, 9.17) is 5.73 Å². The molecule has 0 bridgehead atoms. The molecule has 0 unspecified atom stereocenters. The summed E-state index contributed by atoms with van der Waals surface area (Å²) in [5, 5.41) is 0. The second kappa shape index (κ2) is 5.31. The van der Waals surface area contributed by atoms with E-state index in [-0.39, 0.29) is 17.8 Å². The largest absolute Gasteiger partial charge is 0.338 e. The molecular formula is C14H17FN2O. The highest BCUT2D eigenvalue weighted by molar-refractivity contribution is 5.95. The molecule has 1 aliphatic rings. The van der Waals surface area contributed by atoms with E-state index < -0.39 is 0 Å². The Morgan fingerprint density at radius 1 is 1.50 bits per heavy atom. The number of benzene rings is 1. The summed E-state index contributed by atoms with van der Waals surface area (Å²) >= 11 is 0. The van der Waals surface area contributed by atoms with Gasteiger partial charge in [-0.25, -0.2) is 4.39 Å². The first-order valence-corrected chi connectivity index (χ1v) is 6.05. The zero-order chi connectivity index (χ0) is 13.1. The lowest BCUT2D eigenvalue weighted by atomic mass is 10.1. The van der Waals surface area contributed by atoms with Gasteiger partial charge in [-0.2, -0.15) is 0 Å². The highest BCUT2D eigenvalue weighted by Gasteiger charge is 2.22. The van der Waals surface area contributed by atoms with Crippen molar-refractivity contribution in [2.45, 2.75) is 19.4 Å². The van der Waals surface area contributed by atoms with Gasteiger partial charge in [0, 0.05) is 30.8 Å². The van der Waals surface area contributed by atoms with E-state index in [2.05, 4.69) is 0 Å². The molecule has 1 atom stereocenters. The molecule has 0 saturated carbocycles. The molecule has 4 heteroatoms. The maximum Gasteiger partial charge on any atom is 0.246 e. The van der Waals surface area contributed by atoms with Crippen molar-refractivity contribution >= 4 is 11.5 Å².